The first kappa shape index (κ1) is 16.0. The van der Waals surface area contributed by atoms with Crippen LogP contribution in [-0.4, -0.2) is 33.8 Å². The minimum Gasteiger partial charge on any atom is -0.466 e. The summed E-state index contributed by atoms with van der Waals surface area (Å²) >= 11 is 0. The molecule has 0 aliphatic heterocycles. The molecule has 2 rings (SSSR count). The lowest BCUT2D eigenvalue weighted by atomic mass is 10.2. The van der Waals surface area contributed by atoms with Crippen molar-refractivity contribution in [3.05, 3.63) is 30.1 Å². The average molecular weight is 304 g/mol. The van der Waals surface area contributed by atoms with Gasteiger partial charge in [-0.05, 0) is 39.8 Å². The maximum atomic E-state index is 12.4. The SMILES string of the molecule is CCOC(=O)Cc1nc2ccccc2n1C(=O)OC(C)(C)C. The first-order valence-corrected chi connectivity index (χ1v) is 7.17. The summed E-state index contributed by atoms with van der Waals surface area (Å²) < 4.78 is 11.7. The van der Waals surface area contributed by atoms with Crippen LogP contribution in [0.5, 0.6) is 0 Å². The van der Waals surface area contributed by atoms with Crippen molar-refractivity contribution in [2.24, 2.45) is 0 Å². The van der Waals surface area contributed by atoms with Crippen LogP contribution in [0.2, 0.25) is 0 Å². The Morgan fingerprint density at radius 3 is 2.55 bits per heavy atom. The van der Waals surface area contributed by atoms with E-state index in [1.54, 1.807) is 45.9 Å². The molecule has 1 aromatic carbocycles. The molecule has 6 nitrogen and oxygen atoms in total. The third-order valence-corrected chi connectivity index (χ3v) is 2.81. The smallest absolute Gasteiger partial charge is 0.420 e. The molecule has 6 heteroatoms. The molecule has 1 aromatic heterocycles. The van der Waals surface area contributed by atoms with Crippen LogP contribution in [0.4, 0.5) is 4.79 Å². The van der Waals surface area contributed by atoms with Crippen LogP contribution < -0.4 is 0 Å². The number of aromatic nitrogens is 2. The summed E-state index contributed by atoms with van der Waals surface area (Å²) in [6, 6.07) is 7.17. The van der Waals surface area contributed by atoms with E-state index in [0.29, 0.717) is 16.9 Å². The minimum absolute atomic E-state index is 0.0816. The number of rotatable bonds is 3. The fourth-order valence-electron chi connectivity index (χ4n) is 2.05. The summed E-state index contributed by atoms with van der Waals surface area (Å²) in [5.74, 6) is -0.114. The van der Waals surface area contributed by atoms with E-state index in [1.807, 2.05) is 6.07 Å². The Labute approximate surface area is 129 Å². The topological polar surface area (TPSA) is 70.4 Å². The number of esters is 1. The zero-order valence-electron chi connectivity index (χ0n) is 13.3. The maximum absolute atomic E-state index is 12.4. The van der Waals surface area contributed by atoms with Crippen molar-refractivity contribution in [3.8, 4) is 0 Å². The van der Waals surface area contributed by atoms with Crippen LogP contribution in [0.15, 0.2) is 24.3 Å². The first-order chi connectivity index (χ1) is 10.3. The number of carbonyl (C=O) groups excluding carboxylic acids is 2. The monoisotopic (exact) mass is 304 g/mol. The zero-order chi connectivity index (χ0) is 16.3. The summed E-state index contributed by atoms with van der Waals surface area (Å²) in [6.45, 7) is 7.37. The molecule has 118 valence electrons. The fourth-order valence-corrected chi connectivity index (χ4v) is 2.05. The summed E-state index contributed by atoms with van der Waals surface area (Å²) in [6.07, 6.45) is -0.637. The number of carbonyl (C=O) groups is 2. The molecular weight excluding hydrogens is 284 g/mol. The molecule has 0 fully saturated rings. The third kappa shape index (κ3) is 3.63. The van der Waals surface area contributed by atoms with Crippen LogP contribution in [-0.2, 0) is 20.7 Å². The molecule has 0 saturated carbocycles. The average Bonchev–Trinajstić information content (AvgIpc) is 2.74. The van der Waals surface area contributed by atoms with Gasteiger partial charge in [-0.1, -0.05) is 12.1 Å². The predicted molar refractivity (Wildman–Crippen MR) is 81.7 cm³/mol. The third-order valence-electron chi connectivity index (χ3n) is 2.81. The van der Waals surface area contributed by atoms with Crippen LogP contribution in [0.3, 0.4) is 0 Å². The van der Waals surface area contributed by atoms with Crippen molar-refractivity contribution in [1.82, 2.24) is 9.55 Å². The van der Waals surface area contributed by atoms with Gasteiger partial charge in [-0.3, -0.25) is 4.79 Å². The number of hydrogen-bond acceptors (Lipinski definition) is 5. The van der Waals surface area contributed by atoms with Gasteiger partial charge in [0.25, 0.3) is 0 Å². The van der Waals surface area contributed by atoms with Crippen LogP contribution in [0.1, 0.15) is 33.5 Å². The Morgan fingerprint density at radius 2 is 1.91 bits per heavy atom. The highest BCUT2D eigenvalue weighted by molar-refractivity contribution is 5.88. The molecule has 0 atom stereocenters. The quantitative estimate of drug-likeness (QED) is 0.815. The van der Waals surface area contributed by atoms with Crippen LogP contribution >= 0.6 is 0 Å². The summed E-state index contributed by atoms with van der Waals surface area (Å²) in [5.41, 5.74) is 0.604. The van der Waals surface area contributed by atoms with E-state index < -0.39 is 17.7 Å². The van der Waals surface area contributed by atoms with Gasteiger partial charge in [0, 0.05) is 0 Å². The van der Waals surface area contributed by atoms with Gasteiger partial charge in [-0.2, -0.15) is 0 Å². The molecule has 0 unspecified atom stereocenters. The predicted octanol–water partition coefficient (Wildman–Crippen LogP) is 2.93. The van der Waals surface area contributed by atoms with Gasteiger partial charge in [0.2, 0.25) is 0 Å². The van der Waals surface area contributed by atoms with Crippen molar-refractivity contribution in [2.45, 2.75) is 39.7 Å². The second kappa shape index (κ2) is 6.17. The highest BCUT2D eigenvalue weighted by Crippen LogP contribution is 2.19. The van der Waals surface area contributed by atoms with Crippen molar-refractivity contribution >= 4 is 23.1 Å². The lowest BCUT2D eigenvalue weighted by Gasteiger charge is -2.20. The molecule has 0 saturated heterocycles. The lowest BCUT2D eigenvalue weighted by molar-refractivity contribution is -0.142. The number of nitrogens with zero attached hydrogens (tertiary/aromatic N) is 2. The molecule has 0 N–H and O–H groups in total. The number of fused-ring (bicyclic) bond motifs is 1. The minimum atomic E-state index is -0.635. The van der Waals surface area contributed by atoms with E-state index in [0.717, 1.165) is 0 Å². The van der Waals surface area contributed by atoms with Crippen molar-refractivity contribution in [1.29, 1.82) is 0 Å². The number of para-hydroxylation sites is 2. The summed E-state index contributed by atoms with van der Waals surface area (Å²) in [5, 5.41) is 0. The molecular formula is C16H20N2O4. The van der Waals surface area contributed by atoms with E-state index in [2.05, 4.69) is 4.98 Å². The number of imidazole rings is 1. The first-order valence-electron chi connectivity index (χ1n) is 7.17. The van der Waals surface area contributed by atoms with Crippen LogP contribution in [0.25, 0.3) is 11.0 Å². The molecule has 0 aliphatic carbocycles. The Morgan fingerprint density at radius 1 is 1.23 bits per heavy atom. The molecule has 0 spiro atoms. The van der Waals surface area contributed by atoms with E-state index in [9.17, 15) is 9.59 Å². The van der Waals surface area contributed by atoms with Crippen molar-refractivity contribution in [3.63, 3.8) is 0 Å². The molecule has 22 heavy (non-hydrogen) atoms. The second-order valence-electron chi connectivity index (χ2n) is 5.81. The van der Waals surface area contributed by atoms with E-state index in [1.165, 1.54) is 4.57 Å². The standard InChI is InChI=1S/C16H20N2O4/c1-5-21-14(19)10-13-17-11-8-6-7-9-12(11)18(13)15(20)22-16(2,3)4/h6-9H,5,10H2,1-4H3. The highest BCUT2D eigenvalue weighted by atomic mass is 16.6. The van der Waals surface area contributed by atoms with E-state index >= 15 is 0 Å². The molecule has 2 aromatic rings. The Hall–Kier alpha value is -2.37. The Kier molecular flexibility index (Phi) is 4.49. The Balaban J connectivity index is 2.44. The summed E-state index contributed by atoms with van der Waals surface area (Å²) in [7, 11) is 0. The van der Waals surface area contributed by atoms with Gasteiger partial charge >= 0.3 is 12.1 Å². The number of hydrogen-bond donors (Lipinski definition) is 0. The molecule has 0 aliphatic rings. The molecule has 0 bridgehead atoms. The lowest BCUT2D eigenvalue weighted by Crippen LogP contribution is -2.28. The van der Waals surface area contributed by atoms with Gasteiger partial charge in [0.1, 0.15) is 17.8 Å². The summed E-state index contributed by atoms with van der Waals surface area (Å²) in [4.78, 5) is 28.5. The van der Waals surface area contributed by atoms with Crippen molar-refractivity contribution < 1.29 is 19.1 Å². The van der Waals surface area contributed by atoms with Crippen molar-refractivity contribution in [2.75, 3.05) is 6.61 Å². The van der Waals surface area contributed by atoms with E-state index in [4.69, 9.17) is 9.47 Å². The normalized spacial score (nSPS) is 11.5. The van der Waals surface area contributed by atoms with Gasteiger partial charge in [-0.15, -0.1) is 0 Å². The largest absolute Gasteiger partial charge is 0.466 e. The van der Waals surface area contributed by atoms with Gasteiger partial charge in [0.15, 0.2) is 0 Å². The second-order valence-corrected chi connectivity index (χ2v) is 5.81. The number of ether oxygens (including phenoxy) is 2. The molecule has 0 amide bonds. The Bertz CT molecular complexity index is 698. The fraction of sp³-hybridized carbons (Fsp3) is 0.438. The van der Waals surface area contributed by atoms with Gasteiger partial charge in [0.05, 0.1) is 17.6 Å². The highest BCUT2D eigenvalue weighted by Gasteiger charge is 2.24. The van der Waals surface area contributed by atoms with Crippen LogP contribution in [0, 0.1) is 0 Å². The van der Waals surface area contributed by atoms with Gasteiger partial charge < -0.3 is 9.47 Å². The molecule has 0 radical (unpaired) electrons. The van der Waals surface area contributed by atoms with E-state index in [-0.39, 0.29) is 13.0 Å². The maximum Gasteiger partial charge on any atom is 0.420 e. The zero-order valence-corrected chi connectivity index (χ0v) is 13.3. The van der Waals surface area contributed by atoms with Gasteiger partial charge in [-0.25, -0.2) is 14.3 Å². The number of benzene rings is 1. The molecule has 1 heterocycles.